The van der Waals surface area contributed by atoms with Crippen LogP contribution in [0, 0.1) is 0 Å². The predicted octanol–water partition coefficient (Wildman–Crippen LogP) is -0.128. The molecule has 0 radical (unpaired) electrons. The molecule has 1 atom stereocenters. The predicted molar refractivity (Wildman–Crippen MR) is 56.3 cm³/mol. The van der Waals surface area contributed by atoms with E-state index in [9.17, 15) is 4.79 Å². The van der Waals surface area contributed by atoms with E-state index in [4.69, 9.17) is 14.6 Å². The number of carbonyl (C=O) groups is 1. The molecule has 0 aliphatic heterocycles. The maximum absolute atomic E-state index is 10.6. The van der Waals surface area contributed by atoms with Crippen molar-refractivity contribution in [3.05, 3.63) is 5.82 Å². The number of carboxylic acids is 1. The van der Waals surface area contributed by atoms with Gasteiger partial charge in [0.1, 0.15) is 6.61 Å². The zero-order valence-electron chi connectivity index (χ0n) is 9.87. The van der Waals surface area contributed by atoms with Gasteiger partial charge in [0.05, 0.1) is 25.7 Å². The van der Waals surface area contributed by atoms with Gasteiger partial charge in [-0.1, -0.05) is 0 Å². The van der Waals surface area contributed by atoms with E-state index >= 15 is 0 Å². The Morgan fingerprint density at radius 3 is 2.94 bits per heavy atom. The monoisotopic (exact) mass is 244 g/mol. The highest BCUT2D eigenvalue weighted by atomic mass is 16.5. The van der Waals surface area contributed by atoms with E-state index in [1.807, 2.05) is 0 Å². The Hall–Kier alpha value is -1.54. The minimum atomic E-state index is -0.890. The quantitative estimate of drug-likeness (QED) is 0.636. The summed E-state index contributed by atoms with van der Waals surface area (Å²) in [6.45, 7) is 2.91. The molecule has 1 aromatic heterocycles. The van der Waals surface area contributed by atoms with Crippen LogP contribution < -0.4 is 0 Å². The second kappa shape index (κ2) is 6.92. The fourth-order valence-corrected chi connectivity index (χ4v) is 1.29. The highest BCUT2D eigenvalue weighted by Gasteiger charge is 2.15. The molecule has 0 spiro atoms. The SMILES string of the molecule is COCCOCc1nnnn1C(C)CC(=O)O. The van der Waals surface area contributed by atoms with E-state index in [2.05, 4.69) is 15.5 Å². The topological polar surface area (TPSA) is 99.4 Å². The van der Waals surface area contributed by atoms with Gasteiger partial charge in [0, 0.05) is 7.11 Å². The lowest BCUT2D eigenvalue weighted by Gasteiger charge is -2.10. The number of rotatable bonds is 8. The van der Waals surface area contributed by atoms with Gasteiger partial charge in [-0.05, 0) is 17.4 Å². The third kappa shape index (κ3) is 4.45. The smallest absolute Gasteiger partial charge is 0.305 e. The van der Waals surface area contributed by atoms with Crippen LogP contribution in [-0.2, 0) is 20.9 Å². The number of nitrogens with zero attached hydrogens (tertiary/aromatic N) is 4. The van der Waals surface area contributed by atoms with Crippen LogP contribution in [0.25, 0.3) is 0 Å². The van der Waals surface area contributed by atoms with Gasteiger partial charge >= 0.3 is 5.97 Å². The minimum Gasteiger partial charge on any atom is -0.481 e. The molecule has 0 amide bonds. The summed E-state index contributed by atoms with van der Waals surface area (Å²) in [4.78, 5) is 10.6. The lowest BCUT2D eigenvalue weighted by Crippen LogP contribution is -2.16. The standard InChI is InChI=1S/C9H16N4O4/c1-7(5-9(14)15)13-8(10-11-12-13)6-17-4-3-16-2/h7H,3-6H2,1-2H3,(H,14,15). The number of carboxylic acid groups (broad SMARTS) is 1. The van der Waals surface area contributed by atoms with Crippen LogP contribution in [0.4, 0.5) is 0 Å². The fraction of sp³-hybridized carbons (Fsp3) is 0.778. The molecule has 17 heavy (non-hydrogen) atoms. The molecule has 1 heterocycles. The van der Waals surface area contributed by atoms with E-state index in [0.29, 0.717) is 19.0 Å². The Labute approximate surface area is 98.5 Å². The van der Waals surface area contributed by atoms with Gasteiger partial charge in [0.2, 0.25) is 0 Å². The lowest BCUT2D eigenvalue weighted by molar-refractivity contribution is -0.137. The Balaban J connectivity index is 2.50. The first-order valence-corrected chi connectivity index (χ1v) is 5.20. The molecular formula is C9H16N4O4. The molecule has 0 aromatic carbocycles. The van der Waals surface area contributed by atoms with Gasteiger partial charge < -0.3 is 14.6 Å². The van der Waals surface area contributed by atoms with Crippen molar-refractivity contribution in [2.24, 2.45) is 0 Å². The first-order valence-electron chi connectivity index (χ1n) is 5.20. The summed E-state index contributed by atoms with van der Waals surface area (Å²) in [5.74, 6) is -0.380. The molecule has 1 N–H and O–H groups in total. The molecule has 0 aliphatic rings. The normalized spacial score (nSPS) is 12.6. The average molecular weight is 244 g/mol. The first-order chi connectivity index (χ1) is 8.15. The number of methoxy groups -OCH3 is 1. The molecular weight excluding hydrogens is 228 g/mol. The largest absolute Gasteiger partial charge is 0.481 e. The first kappa shape index (κ1) is 13.5. The van der Waals surface area contributed by atoms with Gasteiger partial charge in [0.15, 0.2) is 5.82 Å². The number of ether oxygens (including phenoxy) is 2. The average Bonchev–Trinajstić information content (AvgIpc) is 2.71. The number of aliphatic carboxylic acids is 1. The molecule has 0 aliphatic carbocycles. The molecule has 0 bridgehead atoms. The molecule has 8 heteroatoms. The van der Waals surface area contributed by atoms with Crippen LogP contribution >= 0.6 is 0 Å². The van der Waals surface area contributed by atoms with Crippen LogP contribution in [0.15, 0.2) is 0 Å². The summed E-state index contributed by atoms with van der Waals surface area (Å²) >= 11 is 0. The zero-order chi connectivity index (χ0) is 12.7. The molecule has 96 valence electrons. The van der Waals surface area contributed by atoms with E-state index in [0.717, 1.165) is 0 Å². The van der Waals surface area contributed by atoms with Crippen LogP contribution in [0.2, 0.25) is 0 Å². The molecule has 8 nitrogen and oxygen atoms in total. The second-order valence-electron chi connectivity index (χ2n) is 3.53. The van der Waals surface area contributed by atoms with Crippen molar-refractivity contribution in [3.8, 4) is 0 Å². The third-order valence-corrected chi connectivity index (χ3v) is 2.11. The molecule has 0 fully saturated rings. The summed E-state index contributed by atoms with van der Waals surface area (Å²) in [7, 11) is 1.59. The molecule has 0 saturated carbocycles. The summed E-state index contributed by atoms with van der Waals surface area (Å²) in [5.41, 5.74) is 0. The van der Waals surface area contributed by atoms with Crippen molar-refractivity contribution < 1.29 is 19.4 Å². The molecule has 0 saturated heterocycles. The highest BCUT2D eigenvalue weighted by Crippen LogP contribution is 2.10. The van der Waals surface area contributed by atoms with Gasteiger partial charge in [-0.15, -0.1) is 5.10 Å². The molecule has 1 rings (SSSR count). The Morgan fingerprint density at radius 2 is 2.29 bits per heavy atom. The summed E-state index contributed by atoms with van der Waals surface area (Å²) < 4.78 is 11.6. The number of tetrazole rings is 1. The van der Waals surface area contributed by atoms with Crippen LogP contribution in [0.3, 0.4) is 0 Å². The number of hydrogen-bond acceptors (Lipinski definition) is 6. The summed E-state index contributed by atoms with van der Waals surface area (Å²) in [6, 6.07) is -0.302. The van der Waals surface area contributed by atoms with Crippen molar-refractivity contribution in [1.82, 2.24) is 20.2 Å². The van der Waals surface area contributed by atoms with Crippen molar-refractivity contribution in [2.75, 3.05) is 20.3 Å². The Bertz CT molecular complexity index is 355. The fourth-order valence-electron chi connectivity index (χ4n) is 1.29. The zero-order valence-corrected chi connectivity index (χ0v) is 9.87. The van der Waals surface area contributed by atoms with Crippen LogP contribution in [0.5, 0.6) is 0 Å². The number of aromatic nitrogens is 4. The van der Waals surface area contributed by atoms with Gasteiger partial charge in [-0.2, -0.15) is 0 Å². The Kier molecular flexibility index (Phi) is 5.50. The maximum atomic E-state index is 10.6. The summed E-state index contributed by atoms with van der Waals surface area (Å²) in [5, 5.41) is 19.7. The minimum absolute atomic E-state index is 0.0316. The van der Waals surface area contributed by atoms with Crippen molar-refractivity contribution >= 4 is 5.97 Å². The van der Waals surface area contributed by atoms with Gasteiger partial charge in [-0.3, -0.25) is 4.79 Å². The van der Waals surface area contributed by atoms with E-state index in [1.54, 1.807) is 14.0 Å². The number of hydrogen-bond donors (Lipinski definition) is 1. The molecule has 1 unspecified atom stereocenters. The van der Waals surface area contributed by atoms with Crippen molar-refractivity contribution in [3.63, 3.8) is 0 Å². The second-order valence-corrected chi connectivity index (χ2v) is 3.53. The molecule has 1 aromatic rings. The van der Waals surface area contributed by atoms with E-state index in [-0.39, 0.29) is 19.1 Å². The summed E-state index contributed by atoms with van der Waals surface area (Å²) in [6.07, 6.45) is -0.0316. The van der Waals surface area contributed by atoms with E-state index in [1.165, 1.54) is 4.68 Å². The Morgan fingerprint density at radius 1 is 1.53 bits per heavy atom. The lowest BCUT2D eigenvalue weighted by atomic mass is 10.2. The van der Waals surface area contributed by atoms with Crippen molar-refractivity contribution in [2.45, 2.75) is 26.0 Å². The van der Waals surface area contributed by atoms with Crippen LogP contribution in [0.1, 0.15) is 25.2 Å². The van der Waals surface area contributed by atoms with Crippen molar-refractivity contribution in [1.29, 1.82) is 0 Å². The maximum Gasteiger partial charge on any atom is 0.305 e. The van der Waals surface area contributed by atoms with Gasteiger partial charge in [-0.25, -0.2) is 4.68 Å². The van der Waals surface area contributed by atoms with Crippen LogP contribution in [-0.4, -0.2) is 51.6 Å². The van der Waals surface area contributed by atoms with E-state index < -0.39 is 5.97 Å². The third-order valence-electron chi connectivity index (χ3n) is 2.11. The highest BCUT2D eigenvalue weighted by molar-refractivity contribution is 5.67. The van der Waals surface area contributed by atoms with Gasteiger partial charge in [0.25, 0.3) is 0 Å².